The maximum Gasteiger partial charge on any atom is 0.309 e. The molecule has 84 valence electrons. The van der Waals surface area contributed by atoms with E-state index in [0.29, 0.717) is 0 Å². The Morgan fingerprint density at radius 3 is 2.87 bits per heavy atom. The standard InChI is InChI=1S/C13H20O2/c1-5-6-7-10-8-9-11(12(14)15-4)13(10,2)3/h5,7,11H,1,6,8-9H2,2-4H3/b10-7+. The van der Waals surface area contributed by atoms with E-state index in [1.807, 2.05) is 6.08 Å². The quantitative estimate of drug-likeness (QED) is 0.526. The summed E-state index contributed by atoms with van der Waals surface area (Å²) in [5.74, 6) is -0.0689. The molecule has 0 radical (unpaired) electrons. The zero-order valence-corrected chi connectivity index (χ0v) is 9.88. The number of rotatable bonds is 3. The Morgan fingerprint density at radius 1 is 1.67 bits per heavy atom. The van der Waals surface area contributed by atoms with Gasteiger partial charge in [0.1, 0.15) is 0 Å². The van der Waals surface area contributed by atoms with Crippen LogP contribution in [-0.4, -0.2) is 13.1 Å². The van der Waals surface area contributed by atoms with E-state index in [-0.39, 0.29) is 17.3 Å². The number of hydrogen-bond acceptors (Lipinski definition) is 2. The minimum atomic E-state index is -0.0815. The predicted molar refractivity (Wildman–Crippen MR) is 61.4 cm³/mol. The van der Waals surface area contributed by atoms with E-state index in [4.69, 9.17) is 4.74 Å². The molecule has 1 aliphatic rings. The Morgan fingerprint density at radius 2 is 2.33 bits per heavy atom. The largest absolute Gasteiger partial charge is 0.469 e. The van der Waals surface area contributed by atoms with Crippen LogP contribution in [0.5, 0.6) is 0 Å². The molecule has 2 nitrogen and oxygen atoms in total. The first-order valence-electron chi connectivity index (χ1n) is 5.42. The summed E-state index contributed by atoms with van der Waals surface area (Å²) in [6, 6.07) is 0. The lowest BCUT2D eigenvalue weighted by Crippen LogP contribution is -2.27. The number of methoxy groups -OCH3 is 1. The van der Waals surface area contributed by atoms with Crippen LogP contribution < -0.4 is 0 Å². The maximum absolute atomic E-state index is 11.6. The van der Waals surface area contributed by atoms with E-state index < -0.39 is 0 Å². The third-order valence-electron chi connectivity index (χ3n) is 3.42. The summed E-state index contributed by atoms with van der Waals surface area (Å²) in [7, 11) is 1.46. The van der Waals surface area contributed by atoms with Crippen LogP contribution in [0.25, 0.3) is 0 Å². The molecule has 0 aromatic heterocycles. The zero-order valence-electron chi connectivity index (χ0n) is 9.88. The van der Waals surface area contributed by atoms with Crippen molar-refractivity contribution in [3.8, 4) is 0 Å². The van der Waals surface area contributed by atoms with Crippen molar-refractivity contribution in [3.63, 3.8) is 0 Å². The summed E-state index contributed by atoms with van der Waals surface area (Å²) in [5.41, 5.74) is 1.30. The lowest BCUT2D eigenvalue weighted by Gasteiger charge is -2.26. The van der Waals surface area contributed by atoms with Gasteiger partial charge in [0.15, 0.2) is 0 Å². The van der Waals surface area contributed by atoms with Crippen LogP contribution in [0.4, 0.5) is 0 Å². The third-order valence-corrected chi connectivity index (χ3v) is 3.42. The monoisotopic (exact) mass is 208 g/mol. The molecule has 1 atom stereocenters. The fraction of sp³-hybridized carbons (Fsp3) is 0.615. The molecule has 15 heavy (non-hydrogen) atoms. The molecule has 0 saturated heterocycles. The molecule has 0 bridgehead atoms. The van der Waals surface area contributed by atoms with Gasteiger partial charge in [-0.25, -0.2) is 0 Å². The Balaban J connectivity index is 2.84. The molecule has 0 aliphatic heterocycles. The Kier molecular flexibility index (Phi) is 3.72. The van der Waals surface area contributed by atoms with Gasteiger partial charge in [0.2, 0.25) is 0 Å². The van der Waals surface area contributed by atoms with Gasteiger partial charge in [-0.15, -0.1) is 6.58 Å². The first-order chi connectivity index (χ1) is 7.04. The molecule has 1 saturated carbocycles. The molecule has 0 aromatic carbocycles. The fourth-order valence-electron chi connectivity index (χ4n) is 2.35. The molecule has 0 heterocycles. The number of esters is 1. The van der Waals surface area contributed by atoms with Gasteiger partial charge in [0.05, 0.1) is 13.0 Å². The lowest BCUT2D eigenvalue weighted by atomic mass is 9.78. The lowest BCUT2D eigenvalue weighted by molar-refractivity contribution is -0.147. The van der Waals surface area contributed by atoms with Crippen LogP contribution in [0, 0.1) is 11.3 Å². The van der Waals surface area contributed by atoms with Gasteiger partial charge in [-0.05, 0) is 24.7 Å². The topological polar surface area (TPSA) is 26.3 Å². The number of allylic oxidation sites excluding steroid dienone is 3. The Hall–Kier alpha value is -1.05. The summed E-state index contributed by atoms with van der Waals surface area (Å²) in [6.45, 7) is 7.95. The van der Waals surface area contributed by atoms with Crippen molar-refractivity contribution in [3.05, 3.63) is 24.3 Å². The van der Waals surface area contributed by atoms with Crippen LogP contribution in [0.3, 0.4) is 0 Å². The molecule has 1 unspecified atom stereocenters. The minimum Gasteiger partial charge on any atom is -0.469 e. The molecule has 0 N–H and O–H groups in total. The van der Waals surface area contributed by atoms with Crippen molar-refractivity contribution in [2.45, 2.75) is 33.1 Å². The van der Waals surface area contributed by atoms with Gasteiger partial charge < -0.3 is 4.74 Å². The highest BCUT2D eigenvalue weighted by molar-refractivity contribution is 5.74. The number of ether oxygens (including phenoxy) is 1. The van der Waals surface area contributed by atoms with Gasteiger partial charge in [-0.2, -0.15) is 0 Å². The van der Waals surface area contributed by atoms with E-state index in [1.165, 1.54) is 12.7 Å². The van der Waals surface area contributed by atoms with Crippen molar-refractivity contribution in [1.82, 2.24) is 0 Å². The molecule has 1 aliphatic carbocycles. The highest BCUT2D eigenvalue weighted by atomic mass is 16.5. The van der Waals surface area contributed by atoms with Gasteiger partial charge in [-0.3, -0.25) is 4.79 Å². The summed E-state index contributed by atoms with van der Waals surface area (Å²) in [4.78, 5) is 11.6. The summed E-state index contributed by atoms with van der Waals surface area (Å²) >= 11 is 0. The predicted octanol–water partition coefficient (Wildman–Crippen LogP) is 3.10. The smallest absolute Gasteiger partial charge is 0.309 e. The normalized spacial score (nSPS) is 26.6. The van der Waals surface area contributed by atoms with Gasteiger partial charge in [0, 0.05) is 0 Å². The van der Waals surface area contributed by atoms with Crippen LogP contribution in [0.15, 0.2) is 24.3 Å². The van der Waals surface area contributed by atoms with Crippen LogP contribution in [0.2, 0.25) is 0 Å². The number of carbonyl (C=O) groups is 1. The fourth-order valence-corrected chi connectivity index (χ4v) is 2.35. The number of hydrogen-bond donors (Lipinski definition) is 0. The van der Waals surface area contributed by atoms with Crippen LogP contribution in [0.1, 0.15) is 33.1 Å². The third kappa shape index (κ3) is 2.31. The Labute approximate surface area is 92.0 Å². The van der Waals surface area contributed by atoms with Gasteiger partial charge in [-0.1, -0.05) is 31.6 Å². The van der Waals surface area contributed by atoms with Gasteiger partial charge in [0.25, 0.3) is 0 Å². The second kappa shape index (κ2) is 4.65. The van der Waals surface area contributed by atoms with Gasteiger partial charge >= 0.3 is 5.97 Å². The van der Waals surface area contributed by atoms with Crippen LogP contribution in [-0.2, 0) is 9.53 Å². The molecular formula is C13H20O2. The highest BCUT2D eigenvalue weighted by Gasteiger charge is 2.43. The van der Waals surface area contributed by atoms with E-state index in [9.17, 15) is 4.79 Å². The molecular weight excluding hydrogens is 188 g/mol. The second-order valence-corrected chi connectivity index (χ2v) is 4.59. The van der Waals surface area contributed by atoms with E-state index >= 15 is 0 Å². The molecule has 2 heteroatoms. The van der Waals surface area contributed by atoms with Crippen molar-refractivity contribution < 1.29 is 9.53 Å². The minimum absolute atomic E-state index is 0.0126. The first kappa shape index (κ1) is 12.0. The second-order valence-electron chi connectivity index (χ2n) is 4.59. The summed E-state index contributed by atoms with van der Waals surface area (Å²) in [5, 5.41) is 0. The first-order valence-corrected chi connectivity index (χ1v) is 5.42. The molecule has 1 fully saturated rings. The van der Waals surface area contributed by atoms with E-state index in [2.05, 4.69) is 26.5 Å². The zero-order chi connectivity index (χ0) is 11.5. The van der Waals surface area contributed by atoms with Crippen LogP contribution >= 0.6 is 0 Å². The SMILES string of the molecule is C=CC/C=C1\CCC(C(=O)OC)C1(C)C. The average Bonchev–Trinajstić information content (AvgIpc) is 2.49. The molecule has 0 aromatic rings. The van der Waals surface area contributed by atoms with Crippen molar-refractivity contribution in [2.24, 2.45) is 11.3 Å². The van der Waals surface area contributed by atoms with Crippen molar-refractivity contribution in [1.29, 1.82) is 0 Å². The van der Waals surface area contributed by atoms with Crippen molar-refractivity contribution in [2.75, 3.05) is 7.11 Å². The maximum atomic E-state index is 11.6. The number of carbonyl (C=O) groups excluding carboxylic acids is 1. The summed E-state index contributed by atoms with van der Waals surface area (Å²) in [6.07, 6.45) is 6.86. The molecule has 0 spiro atoms. The molecule has 0 amide bonds. The highest BCUT2D eigenvalue weighted by Crippen LogP contribution is 2.47. The van der Waals surface area contributed by atoms with E-state index in [1.54, 1.807) is 0 Å². The Bertz CT molecular complexity index is 287. The summed E-state index contributed by atoms with van der Waals surface area (Å²) < 4.78 is 4.84. The average molecular weight is 208 g/mol. The molecule has 1 rings (SSSR count). The van der Waals surface area contributed by atoms with E-state index in [0.717, 1.165) is 19.3 Å². The van der Waals surface area contributed by atoms with Crippen molar-refractivity contribution >= 4 is 5.97 Å².